The van der Waals surface area contributed by atoms with Gasteiger partial charge >= 0.3 is 0 Å². The Hall–Kier alpha value is -3.67. The van der Waals surface area contributed by atoms with Gasteiger partial charge in [-0.15, -0.1) is 0 Å². The first-order chi connectivity index (χ1) is 17.3. The molecule has 6 heteroatoms. The van der Waals surface area contributed by atoms with Crippen LogP contribution in [0, 0.1) is 5.82 Å². The van der Waals surface area contributed by atoms with Crippen molar-refractivity contribution in [2.24, 2.45) is 5.10 Å². The van der Waals surface area contributed by atoms with Crippen molar-refractivity contribution < 1.29 is 19.0 Å². The number of hydrogen-bond acceptors (Lipinski definition) is 4. The van der Waals surface area contributed by atoms with E-state index in [0.29, 0.717) is 23.5 Å². The largest absolute Gasteiger partial charge is 0.507 e. The summed E-state index contributed by atoms with van der Waals surface area (Å²) in [6.45, 7) is 12.6. The monoisotopic (exact) mass is 504 g/mol. The zero-order valence-corrected chi connectivity index (χ0v) is 22.6. The summed E-state index contributed by atoms with van der Waals surface area (Å²) in [7, 11) is 0. The van der Waals surface area contributed by atoms with Crippen molar-refractivity contribution in [3.63, 3.8) is 0 Å². The van der Waals surface area contributed by atoms with Crippen LogP contribution in [-0.2, 0) is 28.7 Å². The number of rotatable bonds is 8. The van der Waals surface area contributed by atoms with Gasteiger partial charge in [-0.25, -0.2) is 9.82 Å². The van der Waals surface area contributed by atoms with Crippen molar-refractivity contribution in [1.29, 1.82) is 0 Å². The first-order valence-corrected chi connectivity index (χ1v) is 12.5. The van der Waals surface area contributed by atoms with Gasteiger partial charge in [-0.05, 0) is 69.8 Å². The highest BCUT2D eigenvalue weighted by Crippen LogP contribution is 2.40. The molecule has 3 aromatic rings. The second-order valence-corrected chi connectivity index (χ2v) is 11.3. The summed E-state index contributed by atoms with van der Waals surface area (Å²) < 4.78 is 19.4. The highest BCUT2D eigenvalue weighted by Gasteiger charge is 2.26. The summed E-state index contributed by atoms with van der Waals surface area (Å²) in [6.07, 6.45) is 2.38. The van der Waals surface area contributed by atoms with Crippen LogP contribution in [0.25, 0.3) is 0 Å². The quantitative estimate of drug-likeness (QED) is 0.262. The molecule has 37 heavy (non-hydrogen) atoms. The molecule has 0 bridgehead atoms. The second kappa shape index (κ2) is 11.6. The minimum atomic E-state index is -0.295. The zero-order valence-electron chi connectivity index (χ0n) is 22.6. The fourth-order valence-electron chi connectivity index (χ4n) is 3.90. The standard InChI is InChI=1S/C31H37FN2O3/c1-30(2,3)25-17-22(18-26(29(25)36)31(4,5)6)13-16-28(35)34-33-19-21-11-14-24(15-12-21)37-20-23-9-7-8-10-27(23)32/h7-12,14-15,17-19,36H,13,16,20H2,1-6H3,(H,34,35)/b33-19+. The summed E-state index contributed by atoms with van der Waals surface area (Å²) in [4.78, 5) is 12.4. The Kier molecular flexibility index (Phi) is 8.74. The van der Waals surface area contributed by atoms with E-state index in [4.69, 9.17) is 4.74 Å². The number of phenols is 1. The number of nitrogens with one attached hydrogen (secondary N) is 1. The Bertz CT molecular complexity index is 1220. The van der Waals surface area contributed by atoms with E-state index < -0.39 is 0 Å². The number of benzene rings is 3. The van der Waals surface area contributed by atoms with Gasteiger partial charge < -0.3 is 9.84 Å². The molecule has 0 atom stereocenters. The Morgan fingerprint density at radius 2 is 1.57 bits per heavy atom. The van der Waals surface area contributed by atoms with Crippen LogP contribution < -0.4 is 10.2 Å². The molecule has 3 aromatic carbocycles. The van der Waals surface area contributed by atoms with Crippen molar-refractivity contribution in [2.45, 2.75) is 71.8 Å². The summed E-state index contributed by atoms with van der Waals surface area (Å²) in [5.41, 5.74) is 6.21. The topological polar surface area (TPSA) is 70.9 Å². The molecule has 5 nitrogen and oxygen atoms in total. The lowest BCUT2D eigenvalue weighted by Gasteiger charge is -2.28. The van der Waals surface area contributed by atoms with Gasteiger partial charge in [0.1, 0.15) is 23.9 Å². The molecule has 0 saturated carbocycles. The van der Waals surface area contributed by atoms with Crippen molar-refractivity contribution in [2.75, 3.05) is 0 Å². The fourth-order valence-corrected chi connectivity index (χ4v) is 3.90. The van der Waals surface area contributed by atoms with E-state index in [1.54, 1.807) is 36.5 Å². The van der Waals surface area contributed by atoms with Gasteiger partial charge in [-0.3, -0.25) is 4.79 Å². The van der Waals surface area contributed by atoms with Gasteiger partial charge in [0.2, 0.25) is 5.91 Å². The SMILES string of the molecule is CC(C)(C)c1cc(CCC(=O)N/N=C/c2ccc(OCc3ccccc3F)cc2)cc(C(C)(C)C)c1O. The van der Waals surface area contributed by atoms with Gasteiger partial charge in [0.15, 0.2) is 0 Å². The summed E-state index contributed by atoms with van der Waals surface area (Å²) in [5.74, 6) is 0.463. The van der Waals surface area contributed by atoms with Crippen LogP contribution in [0.1, 0.15) is 75.8 Å². The van der Waals surface area contributed by atoms with Crippen LogP contribution in [0.5, 0.6) is 11.5 Å². The van der Waals surface area contributed by atoms with Crippen molar-refractivity contribution in [3.05, 3.63) is 94.3 Å². The highest BCUT2D eigenvalue weighted by atomic mass is 19.1. The lowest BCUT2D eigenvalue weighted by molar-refractivity contribution is -0.121. The molecule has 0 radical (unpaired) electrons. The summed E-state index contributed by atoms with van der Waals surface area (Å²) in [6, 6.07) is 17.7. The van der Waals surface area contributed by atoms with Gasteiger partial charge in [0.05, 0.1) is 6.21 Å². The number of amides is 1. The Morgan fingerprint density at radius 3 is 2.14 bits per heavy atom. The average molecular weight is 505 g/mol. The third-order valence-electron chi connectivity index (χ3n) is 6.06. The van der Waals surface area contributed by atoms with Crippen molar-refractivity contribution in [3.8, 4) is 11.5 Å². The minimum absolute atomic E-state index is 0.145. The van der Waals surface area contributed by atoms with E-state index in [1.165, 1.54) is 6.07 Å². The van der Waals surface area contributed by atoms with Crippen LogP contribution >= 0.6 is 0 Å². The lowest BCUT2D eigenvalue weighted by atomic mass is 9.78. The number of hydrogen-bond donors (Lipinski definition) is 2. The predicted molar refractivity (Wildman–Crippen MR) is 147 cm³/mol. The van der Waals surface area contributed by atoms with Crippen molar-refractivity contribution in [1.82, 2.24) is 5.43 Å². The number of nitrogens with zero attached hydrogens (tertiary/aromatic N) is 1. The number of hydrazone groups is 1. The smallest absolute Gasteiger partial charge is 0.240 e. The maximum absolute atomic E-state index is 13.7. The Balaban J connectivity index is 1.55. The number of ether oxygens (including phenoxy) is 1. The number of halogens is 1. The molecule has 2 N–H and O–H groups in total. The first kappa shape index (κ1) is 27.9. The Morgan fingerprint density at radius 1 is 0.973 bits per heavy atom. The number of aromatic hydroxyl groups is 1. The third kappa shape index (κ3) is 7.91. The molecule has 0 aliphatic rings. The van der Waals surface area contributed by atoms with Crippen LogP contribution in [0.15, 0.2) is 65.8 Å². The van der Waals surface area contributed by atoms with Gasteiger partial charge in [0.25, 0.3) is 0 Å². The molecule has 3 rings (SSSR count). The Labute approximate surface area is 219 Å². The van der Waals surface area contributed by atoms with Gasteiger partial charge in [0, 0.05) is 12.0 Å². The molecule has 1 amide bonds. The second-order valence-electron chi connectivity index (χ2n) is 11.3. The molecule has 0 heterocycles. The number of aryl methyl sites for hydroxylation is 1. The molecule has 0 spiro atoms. The third-order valence-corrected chi connectivity index (χ3v) is 6.06. The number of carbonyl (C=O) groups excluding carboxylic acids is 1. The maximum atomic E-state index is 13.7. The molecule has 196 valence electrons. The van der Waals surface area contributed by atoms with Gasteiger partial charge in [-0.1, -0.05) is 71.9 Å². The molecule has 0 fully saturated rings. The highest BCUT2D eigenvalue weighted by molar-refractivity contribution is 5.82. The van der Waals surface area contributed by atoms with E-state index in [1.807, 2.05) is 24.3 Å². The van der Waals surface area contributed by atoms with E-state index in [9.17, 15) is 14.3 Å². The van der Waals surface area contributed by atoms with Crippen LogP contribution in [-0.4, -0.2) is 17.2 Å². The van der Waals surface area contributed by atoms with E-state index in [0.717, 1.165) is 22.3 Å². The molecular formula is C31H37FN2O3. The lowest BCUT2D eigenvalue weighted by Crippen LogP contribution is -2.20. The maximum Gasteiger partial charge on any atom is 0.240 e. The van der Waals surface area contributed by atoms with Gasteiger partial charge in [-0.2, -0.15) is 5.10 Å². The first-order valence-electron chi connectivity index (χ1n) is 12.5. The van der Waals surface area contributed by atoms with E-state index >= 15 is 0 Å². The minimum Gasteiger partial charge on any atom is -0.507 e. The predicted octanol–water partition coefficient (Wildman–Crippen LogP) is 6.79. The molecule has 0 aliphatic carbocycles. The number of carbonyl (C=O) groups is 1. The molecule has 0 aliphatic heterocycles. The molecule has 0 aromatic heterocycles. The summed E-state index contributed by atoms with van der Waals surface area (Å²) >= 11 is 0. The molecule has 0 unspecified atom stereocenters. The van der Waals surface area contributed by atoms with Crippen LogP contribution in [0.3, 0.4) is 0 Å². The average Bonchev–Trinajstić information content (AvgIpc) is 2.82. The zero-order chi connectivity index (χ0) is 27.2. The van der Waals surface area contributed by atoms with E-state index in [2.05, 4.69) is 52.1 Å². The van der Waals surface area contributed by atoms with Crippen molar-refractivity contribution >= 4 is 12.1 Å². The van der Waals surface area contributed by atoms with E-state index in [-0.39, 0.29) is 35.6 Å². The molecular weight excluding hydrogens is 467 g/mol. The normalized spacial score (nSPS) is 12.1. The summed E-state index contributed by atoms with van der Waals surface area (Å²) in [5, 5.41) is 14.9. The number of phenolic OH excluding ortho intramolecular Hbond substituents is 1. The van der Waals surface area contributed by atoms with Crippen LogP contribution in [0.4, 0.5) is 4.39 Å². The fraction of sp³-hybridized carbons (Fsp3) is 0.355. The molecule has 0 saturated heterocycles. The van der Waals surface area contributed by atoms with Crippen LogP contribution in [0.2, 0.25) is 0 Å².